The van der Waals surface area contributed by atoms with Gasteiger partial charge in [-0.3, -0.25) is 9.62 Å². The lowest BCUT2D eigenvalue weighted by Gasteiger charge is -2.37. The number of hydrogen-bond donors (Lipinski definition) is 1. The van der Waals surface area contributed by atoms with Crippen molar-refractivity contribution in [2.75, 3.05) is 42.1 Å². The average Bonchev–Trinajstić information content (AvgIpc) is 2.93. The summed E-state index contributed by atoms with van der Waals surface area (Å²) in [6, 6.07) is 4.39. The van der Waals surface area contributed by atoms with Gasteiger partial charge in [0.15, 0.2) is 0 Å². The molecule has 7 heteroatoms. The first kappa shape index (κ1) is 16.5. The number of nitrogens with one attached hydrogen (secondary N) is 1. The van der Waals surface area contributed by atoms with Crippen LogP contribution in [-0.2, 0) is 10.0 Å². The molecule has 0 bridgehead atoms. The van der Waals surface area contributed by atoms with Gasteiger partial charge in [-0.1, -0.05) is 6.92 Å². The molecule has 1 N–H and O–H groups in total. The Morgan fingerprint density at radius 1 is 1.17 bits per heavy atom. The van der Waals surface area contributed by atoms with Gasteiger partial charge in [-0.15, -0.1) is 0 Å². The zero-order valence-electron chi connectivity index (χ0n) is 13.9. The van der Waals surface area contributed by atoms with Crippen LogP contribution < -0.4 is 9.62 Å². The van der Waals surface area contributed by atoms with Crippen molar-refractivity contribution in [2.24, 2.45) is 5.92 Å². The molecule has 0 aliphatic carbocycles. The van der Waals surface area contributed by atoms with E-state index in [0.717, 1.165) is 37.0 Å². The lowest BCUT2D eigenvalue weighted by atomic mass is 10.0. The van der Waals surface area contributed by atoms with E-state index in [4.69, 9.17) is 0 Å². The van der Waals surface area contributed by atoms with Crippen molar-refractivity contribution in [1.82, 2.24) is 9.88 Å². The Morgan fingerprint density at radius 2 is 1.91 bits per heavy atom. The van der Waals surface area contributed by atoms with Crippen LogP contribution in [0.3, 0.4) is 0 Å². The van der Waals surface area contributed by atoms with E-state index in [1.165, 1.54) is 32.4 Å². The van der Waals surface area contributed by atoms with E-state index in [1.54, 1.807) is 12.3 Å². The summed E-state index contributed by atoms with van der Waals surface area (Å²) in [5, 5.41) is 0. The van der Waals surface area contributed by atoms with Crippen molar-refractivity contribution in [2.45, 2.75) is 32.2 Å². The van der Waals surface area contributed by atoms with Crippen molar-refractivity contribution in [1.29, 1.82) is 0 Å². The molecule has 2 saturated heterocycles. The number of pyridine rings is 1. The monoisotopic (exact) mass is 338 g/mol. The van der Waals surface area contributed by atoms with Crippen LogP contribution in [0.25, 0.3) is 0 Å². The lowest BCUT2D eigenvalue weighted by Crippen LogP contribution is -2.44. The quantitative estimate of drug-likeness (QED) is 0.906. The van der Waals surface area contributed by atoms with E-state index >= 15 is 0 Å². The highest BCUT2D eigenvalue weighted by molar-refractivity contribution is 7.92. The van der Waals surface area contributed by atoms with Crippen LogP contribution in [0.15, 0.2) is 18.3 Å². The number of nitrogens with zero attached hydrogens (tertiary/aromatic N) is 3. The summed E-state index contributed by atoms with van der Waals surface area (Å²) < 4.78 is 24.8. The van der Waals surface area contributed by atoms with E-state index < -0.39 is 10.0 Å². The maximum absolute atomic E-state index is 11.2. The van der Waals surface area contributed by atoms with Crippen LogP contribution in [0, 0.1) is 5.92 Å². The smallest absolute Gasteiger partial charge is 0.230 e. The highest BCUT2D eigenvalue weighted by Crippen LogP contribution is 2.26. The predicted molar refractivity (Wildman–Crippen MR) is 93.3 cm³/mol. The molecule has 3 rings (SSSR count). The van der Waals surface area contributed by atoms with Gasteiger partial charge < -0.3 is 4.90 Å². The van der Waals surface area contributed by atoms with Crippen molar-refractivity contribution in [3.8, 4) is 0 Å². The van der Waals surface area contributed by atoms with Crippen LogP contribution in [0.2, 0.25) is 0 Å². The fraction of sp³-hybridized carbons (Fsp3) is 0.688. The molecule has 1 unspecified atom stereocenters. The summed E-state index contributed by atoms with van der Waals surface area (Å²) in [5.41, 5.74) is 1.07. The third-order valence-electron chi connectivity index (χ3n) is 4.84. The maximum Gasteiger partial charge on any atom is 0.230 e. The number of sulfonamides is 1. The summed E-state index contributed by atoms with van der Waals surface area (Å²) >= 11 is 0. The minimum absolute atomic E-state index is 0.372. The molecule has 6 nitrogen and oxygen atoms in total. The highest BCUT2D eigenvalue weighted by Gasteiger charge is 2.29. The van der Waals surface area contributed by atoms with Crippen molar-refractivity contribution < 1.29 is 8.42 Å². The fourth-order valence-electron chi connectivity index (χ4n) is 3.61. The Morgan fingerprint density at radius 3 is 2.43 bits per heavy atom. The topological polar surface area (TPSA) is 65.5 Å². The standard InChI is InChI=1S/C16H26N4O2S/c1-13-5-8-20(12-13)14-6-9-19(10-7-14)15-3-4-16(17-11-15)18-23(2,21)22/h3-4,11,13-14H,5-10,12H2,1-2H3,(H,17,18). The first-order chi connectivity index (χ1) is 10.9. The van der Waals surface area contributed by atoms with Crippen LogP contribution in [0.5, 0.6) is 0 Å². The number of piperidine rings is 1. The number of rotatable bonds is 4. The number of aromatic nitrogens is 1. The maximum atomic E-state index is 11.2. The lowest BCUT2D eigenvalue weighted by molar-refractivity contribution is 0.202. The summed E-state index contributed by atoms with van der Waals surface area (Å²) in [6.07, 6.45) is 6.60. The number of hydrogen-bond acceptors (Lipinski definition) is 5. The molecular weight excluding hydrogens is 312 g/mol. The second-order valence-corrected chi connectivity index (χ2v) is 8.63. The van der Waals surface area contributed by atoms with Crippen LogP contribution in [0.4, 0.5) is 11.5 Å². The van der Waals surface area contributed by atoms with Crippen molar-refractivity contribution in [3.05, 3.63) is 18.3 Å². The van der Waals surface area contributed by atoms with Gasteiger partial charge in [0.1, 0.15) is 5.82 Å². The van der Waals surface area contributed by atoms with Gasteiger partial charge in [-0.05, 0) is 43.9 Å². The largest absolute Gasteiger partial charge is 0.370 e. The molecule has 0 spiro atoms. The van der Waals surface area contributed by atoms with Gasteiger partial charge in [-0.25, -0.2) is 13.4 Å². The predicted octanol–water partition coefficient (Wildman–Crippen LogP) is 1.76. The van der Waals surface area contributed by atoms with E-state index in [0.29, 0.717) is 5.82 Å². The molecule has 1 aromatic rings. The van der Waals surface area contributed by atoms with E-state index in [-0.39, 0.29) is 0 Å². The van der Waals surface area contributed by atoms with Gasteiger partial charge in [0.05, 0.1) is 18.1 Å². The third kappa shape index (κ3) is 4.35. The Bertz CT molecular complexity index is 624. The molecule has 3 heterocycles. The second-order valence-electron chi connectivity index (χ2n) is 6.88. The van der Waals surface area contributed by atoms with Gasteiger partial charge >= 0.3 is 0 Å². The molecule has 1 atom stereocenters. The molecule has 0 radical (unpaired) electrons. The van der Waals surface area contributed by atoms with Gasteiger partial charge in [0.25, 0.3) is 0 Å². The minimum Gasteiger partial charge on any atom is -0.370 e. The summed E-state index contributed by atoms with van der Waals surface area (Å²) in [5.74, 6) is 1.21. The number of anilines is 2. The molecule has 2 aliphatic rings. The summed E-state index contributed by atoms with van der Waals surface area (Å²) in [7, 11) is -3.27. The van der Waals surface area contributed by atoms with Gasteiger partial charge in [0.2, 0.25) is 10.0 Å². The summed E-state index contributed by atoms with van der Waals surface area (Å²) in [6.45, 7) is 6.91. The molecule has 1 aromatic heterocycles. The van der Waals surface area contributed by atoms with Crippen molar-refractivity contribution in [3.63, 3.8) is 0 Å². The molecule has 0 saturated carbocycles. The Labute approximate surface area is 138 Å². The third-order valence-corrected chi connectivity index (χ3v) is 5.42. The van der Waals surface area contributed by atoms with Crippen LogP contribution in [0.1, 0.15) is 26.2 Å². The first-order valence-electron chi connectivity index (χ1n) is 8.33. The van der Waals surface area contributed by atoms with Gasteiger partial charge in [-0.2, -0.15) is 0 Å². The highest BCUT2D eigenvalue weighted by atomic mass is 32.2. The van der Waals surface area contributed by atoms with E-state index in [1.807, 2.05) is 6.07 Å². The Kier molecular flexibility index (Phi) is 4.77. The van der Waals surface area contributed by atoms with E-state index in [9.17, 15) is 8.42 Å². The minimum atomic E-state index is -3.27. The van der Waals surface area contributed by atoms with Crippen molar-refractivity contribution >= 4 is 21.5 Å². The molecule has 2 fully saturated rings. The first-order valence-corrected chi connectivity index (χ1v) is 10.2. The Hall–Kier alpha value is -1.34. The molecule has 2 aliphatic heterocycles. The normalized spacial score (nSPS) is 24.1. The molecular formula is C16H26N4O2S. The zero-order chi connectivity index (χ0) is 16.4. The summed E-state index contributed by atoms with van der Waals surface area (Å²) in [4.78, 5) is 9.20. The zero-order valence-corrected chi connectivity index (χ0v) is 14.7. The molecule has 128 valence electrons. The van der Waals surface area contributed by atoms with Crippen LogP contribution in [-0.4, -0.2) is 56.8 Å². The average molecular weight is 338 g/mol. The molecule has 23 heavy (non-hydrogen) atoms. The van der Waals surface area contributed by atoms with Gasteiger partial charge in [0, 0.05) is 25.7 Å². The number of likely N-dealkylation sites (tertiary alicyclic amines) is 1. The Balaban J connectivity index is 1.55. The van der Waals surface area contributed by atoms with E-state index in [2.05, 4.69) is 26.4 Å². The van der Waals surface area contributed by atoms with Crippen LogP contribution >= 0.6 is 0 Å². The fourth-order valence-corrected chi connectivity index (χ4v) is 4.11. The SMILES string of the molecule is CC1CCN(C2CCN(c3ccc(NS(C)(=O)=O)nc3)CC2)C1. The molecule has 0 aromatic carbocycles. The second kappa shape index (κ2) is 6.65. The molecule has 0 amide bonds.